The highest BCUT2D eigenvalue weighted by molar-refractivity contribution is 7.92. The van der Waals surface area contributed by atoms with Crippen LogP contribution in [-0.2, 0) is 24.4 Å². The molecule has 1 amide bonds. The second-order valence-electron chi connectivity index (χ2n) is 10.2. The minimum Gasteiger partial charge on any atom is -0.444 e. The minimum absolute atomic E-state index is 0. The number of hydrogen-bond acceptors (Lipinski definition) is 7. The lowest BCUT2D eigenvalue weighted by Crippen LogP contribution is -2.81. The van der Waals surface area contributed by atoms with E-state index in [0.29, 0.717) is 38.5 Å². The molecule has 0 aromatic carbocycles. The fourth-order valence-electron chi connectivity index (χ4n) is 4.90. The Labute approximate surface area is 185 Å². The van der Waals surface area contributed by atoms with E-state index in [1.165, 1.54) is 12.5 Å². The fourth-order valence-corrected chi connectivity index (χ4v) is 8.17. The first-order valence-electron chi connectivity index (χ1n) is 9.04. The molecule has 29 heavy (non-hydrogen) atoms. The van der Waals surface area contributed by atoms with Crippen molar-refractivity contribution in [2.75, 3.05) is 12.5 Å². The van der Waals surface area contributed by atoms with Gasteiger partial charge < -0.3 is 15.8 Å². The number of carbonyl (C=O) groups is 1. The molecule has 0 saturated heterocycles. The lowest BCUT2D eigenvalue weighted by Gasteiger charge is -2.68. The average molecular weight is 495 g/mol. The second kappa shape index (κ2) is 7.12. The molecule has 6 saturated carbocycles. The molecule has 8 nitrogen and oxygen atoms in total. The maximum Gasteiger partial charge on any atom is 0.408 e. The first-order chi connectivity index (χ1) is 11.8. The molecule has 0 aliphatic heterocycles. The Morgan fingerprint density at radius 3 is 1.45 bits per heavy atom. The molecule has 0 spiro atoms. The normalized spacial score (nSPS) is 38.6. The van der Waals surface area contributed by atoms with Crippen LogP contribution in [-0.4, -0.2) is 61.6 Å². The molecule has 6 aliphatic carbocycles. The number of hydrogen-bond donors (Lipinski definition) is 2. The first kappa shape index (κ1) is 26.7. The van der Waals surface area contributed by atoms with Crippen molar-refractivity contribution in [3.8, 4) is 0 Å². The summed E-state index contributed by atoms with van der Waals surface area (Å²) in [6, 6.07) is 0. The van der Waals surface area contributed by atoms with Crippen molar-refractivity contribution in [2.45, 2.75) is 85.5 Å². The van der Waals surface area contributed by atoms with Crippen LogP contribution in [0.4, 0.5) is 4.79 Å². The summed E-state index contributed by atoms with van der Waals surface area (Å²) in [5, 5.41) is 2.79. The lowest BCUT2D eigenvalue weighted by molar-refractivity contribution is -0.0348. The van der Waals surface area contributed by atoms with Crippen LogP contribution in [0.5, 0.6) is 0 Å². The van der Waals surface area contributed by atoms with Gasteiger partial charge in [0.05, 0.1) is 9.49 Å². The van der Waals surface area contributed by atoms with Crippen LogP contribution in [0.15, 0.2) is 0 Å². The third-order valence-electron chi connectivity index (χ3n) is 6.34. The minimum atomic E-state index is -3.00. The van der Waals surface area contributed by atoms with Crippen molar-refractivity contribution in [1.82, 2.24) is 5.32 Å². The van der Waals surface area contributed by atoms with Gasteiger partial charge in [-0.25, -0.2) is 21.6 Å². The maximum atomic E-state index is 11.6. The Morgan fingerprint density at radius 1 is 0.862 bits per heavy atom. The summed E-state index contributed by atoms with van der Waals surface area (Å²) in [7, 11) is -5.82. The quantitative estimate of drug-likeness (QED) is 0.609. The van der Waals surface area contributed by atoms with E-state index in [9.17, 15) is 21.6 Å². The smallest absolute Gasteiger partial charge is 0.408 e. The number of rotatable bonds is 3. The van der Waals surface area contributed by atoms with Gasteiger partial charge in [0.1, 0.15) is 5.60 Å². The van der Waals surface area contributed by atoms with Crippen LogP contribution >= 0.6 is 24.8 Å². The number of nitrogens with two attached hydrogens (primary N) is 1. The van der Waals surface area contributed by atoms with Crippen molar-refractivity contribution in [2.24, 2.45) is 5.73 Å². The third-order valence-corrected chi connectivity index (χ3v) is 10.4. The summed E-state index contributed by atoms with van der Waals surface area (Å²) in [4.78, 5) is 11.6. The molecule has 6 fully saturated rings. The number of nitrogens with one attached hydrogen (secondary N) is 1. The SMILES string of the molecule is CC(C)(C)OC(=O)NC12CC(S(C)(=O)=O)(C1)C2.CS(=O)(=O)C12CC(N)(C1)C2.Cl.Cl. The molecular weight excluding hydrogens is 463 g/mol. The van der Waals surface area contributed by atoms with Gasteiger partial charge in [0, 0.05) is 23.6 Å². The maximum absolute atomic E-state index is 11.6. The van der Waals surface area contributed by atoms with Gasteiger partial charge in [-0.2, -0.15) is 0 Å². The van der Waals surface area contributed by atoms with Crippen LogP contribution in [0.25, 0.3) is 0 Å². The summed E-state index contributed by atoms with van der Waals surface area (Å²) in [6.07, 6.45) is 5.78. The molecule has 3 N–H and O–H groups in total. The summed E-state index contributed by atoms with van der Waals surface area (Å²) in [5.41, 5.74) is 4.76. The van der Waals surface area contributed by atoms with Gasteiger partial charge in [-0.05, 0) is 59.3 Å². The fraction of sp³-hybridized carbons (Fsp3) is 0.941. The van der Waals surface area contributed by atoms with Crippen LogP contribution in [0.1, 0.15) is 59.3 Å². The largest absolute Gasteiger partial charge is 0.444 e. The van der Waals surface area contributed by atoms with Gasteiger partial charge >= 0.3 is 6.09 Å². The van der Waals surface area contributed by atoms with Crippen LogP contribution in [0.2, 0.25) is 0 Å². The second-order valence-corrected chi connectivity index (χ2v) is 15.1. The zero-order valence-electron chi connectivity index (χ0n) is 17.4. The number of amides is 1. The van der Waals surface area contributed by atoms with E-state index < -0.39 is 36.1 Å². The molecule has 172 valence electrons. The summed E-state index contributed by atoms with van der Waals surface area (Å²) in [6.45, 7) is 5.39. The number of carbonyl (C=O) groups excluding carboxylic acids is 1. The number of alkyl carbamates (subject to hydrolysis) is 1. The number of sulfone groups is 2. The van der Waals surface area contributed by atoms with Gasteiger partial charge in [-0.1, -0.05) is 0 Å². The van der Waals surface area contributed by atoms with E-state index in [0.717, 1.165) is 0 Å². The summed E-state index contributed by atoms with van der Waals surface area (Å²) >= 11 is 0. The predicted molar refractivity (Wildman–Crippen MR) is 116 cm³/mol. The van der Waals surface area contributed by atoms with E-state index in [1.807, 2.05) is 0 Å². The molecule has 6 aliphatic rings. The Kier molecular flexibility index (Phi) is 6.56. The van der Waals surface area contributed by atoms with Gasteiger partial charge in [0.15, 0.2) is 19.7 Å². The predicted octanol–water partition coefficient (Wildman–Crippen LogP) is 1.74. The topological polar surface area (TPSA) is 133 Å². The zero-order chi connectivity index (χ0) is 20.7. The van der Waals surface area contributed by atoms with Gasteiger partial charge in [-0.3, -0.25) is 0 Å². The van der Waals surface area contributed by atoms with E-state index in [1.54, 1.807) is 20.8 Å². The molecule has 0 aromatic rings. The zero-order valence-corrected chi connectivity index (χ0v) is 20.7. The Morgan fingerprint density at radius 2 is 1.21 bits per heavy atom. The van der Waals surface area contributed by atoms with Crippen LogP contribution in [0.3, 0.4) is 0 Å². The molecule has 4 bridgehead atoms. The first-order valence-corrected chi connectivity index (χ1v) is 12.8. The van der Waals surface area contributed by atoms with Gasteiger partial charge in [0.25, 0.3) is 0 Å². The highest BCUT2D eigenvalue weighted by Crippen LogP contribution is 2.64. The van der Waals surface area contributed by atoms with Crippen molar-refractivity contribution in [1.29, 1.82) is 0 Å². The summed E-state index contributed by atoms with van der Waals surface area (Å²) < 4.78 is 49.3. The summed E-state index contributed by atoms with van der Waals surface area (Å²) in [5.74, 6) is 0. The third kappa shape index (κ3) is 4.51. The van der Waals surface area contributed by atoms with Crippen LogP contribution < -0.4 is 11.1 Å². The lowest BCUT2D eigenvalue weighted by atomic mass is 9.49. The van der Waals surface area contributed by atoms with E-state index >= 15 is 0 Å². The molecule has 0 radical (unpaired) electrons. The average Bonchev–Trinajstić information content (AvgIpc) is 2.22. The van der Waals surface area contributed by atoms with E-state index in [2.05, 4.69) is 5.32 Å². The monoisotopic (exact) mass is 494 g/mol. The highest BCUT2D eigenvalue weighted by Gasteiger charge is 2.74. The molecule has 0 unspecified atom stereocenters. The van der Waals surface area contributed by atoms with Gasteiger partial charge in [0.2, 0.25) is 0 Å². The molecule has 12 heteroatoms. The molecule has 0 atom stereocenters. The highest BCUT2D eigenvalue weighted by atomic mass is 35.5. The van der Waals surface area contributed by atoms with Crippen molar-refractivity contribution < 1.29 is 26.4 Å². The van der Waals surface area contributed by atoms with Crippen molar-refractivity contribution in [3.63, 3.8) is 0 Å². The van der Waals surface area contributed by atoms with Crippen LogP contribution in [0, 0.1) is 0 Å². The molecular formula is C17H32Cl2N2O6S2. The Hall–Kier alpha value is -0.290. The van der Waals surface area contributed by atoms with E-state index in [4.69, 9.17) is 10.5 Å². The molecule has 6 rings (SSSR count). The standard InChI is InChI=1S/C11H19NO4S.C6H11NO2S.2ClH/c1-9(2,3)16-8(13)12-10-5-11(6-10,7-10)17(4,14)15;1-10(8,9)6-2-5(7,3-6)4-6;;/h5-7H2,1-4H3,(H,12,13);2-4,7H2,1H3;2*1H. The van der Waals surface area contributed by atoms with E-state index in [-0.39, 0.29) is 40.6 Å². The molecule has 0 heterocycles. The molecule has 0 aromatic heterocycles. The number of halogens is 2. The van der Waals surface area contributed by atoms with Crippen molar-refractivity contribution >= 4 is 50.6 Å². The van der Waals surface area contributed by atoms with Crippen molar-refractivity contribution in [3.05, 3.63) is 0 Å². The Bertz CT molecular complexity index is 856. The number of ether oxygens (including phenoxy) is 1. The van der Waals surface area contributed by atoms with Gasteiger partial charge in [-0.15, -0.1) is 24.8 Å². The Balaban J connectivity index is 0.000000301.